The summed E-state index contributed by atoms with van der Waals surface area (Å²) in [5, 5.41) is 3.63. The van der Waals surface area contributed by atoms with Crippen molar-refractivity contribution in [3.05, 3.63) is 50.1 Å². The van der Waals surface area contributed by atoms with E-state index in [2.05, 4.69) is 15.3 Å². The summed E-state index contributed by atoms with van der Waals surface area (Å²) in [6.45, 7) is 0. The first-order valence-corrected chi connectivity index (χ1v) is 9.27. The van der Waals surface area contributed by atoms with Gasteiger partial charge in [-0.3, -0.25) is 18.7 Å². The lowest BCUT2D eigenvalue weighted by molar-refractivity contribution is -0.118. The number of fused-ring (bicyclic) bond motifs is 1. The van der Waals surface area contributed by atoms with E-state index in [1.54, 1.807) is 24.3 Å². The van der Waals surface area contributed by atoms with E-state index in [4.69, 9.17) is 11.6 Å². The topological polar surface area (TPSA) is 98.9 Å². The molecule has 3 aromatic rings. The van der Waals surface area contributed by atoms with E-state index in [0.717, 1.165) is 16.3 Å². The molecule has 27 heavy (non-hydrogen) atoms. The molecule has 0 bridgehead atoms. The van der Waals surface area contributed by atoms with Crippen molar-refractivity contribution in [2.24, 2.45) is 14.1 Å². The molecule has 0 aliphatic rings. The van der Waals surface area contributed by atoms with Crippen LogP contribution in [0.5, 0.6) is 0 Å². The summed E-state index contributed by atoms with van der Waals surface area (Å²) >= 11 is 7.05. The number of nitrogens with one attached hydrogen (secondary N) is 1. The highest BCUT2D eigenvalue weighted by atomic mass is 35.5. The predicted octanol–water partition coefficient (Wildman–Crippen LogP) is 1.19. The minimum atomic E-state index is -0.504. The summed E-state index contributed by atoms with van der Waals surface area (Å²) in [7, 11) is 4.46. The molecular weight excluding hydrogens is 390 g/mol. The quantitative estimate of drug-likeness (QED) is 0.517. The fourth-order valence-corrected chi connectivity index (χ4v) is 3.48. The molecule has 1 aromatic carbocycles. The first-order chi connectivity index (χ1) is 12.8. The van der Waals surface area contributed by atoms with Crippen LogP contribution in [0.15, 0.2) is 38.9 Å². The van der Waals surface area contributed by atoms with Crippen LogP contribution in [-0.2, 0) is 18.9 Å². The van der Waals surface area contributed by atoms with E-state index >= 15 is 0 Å². The SMILES string of the molecule is CNC(=O)CSc1nc(-c2ccc(Cl)cc2)nc2c1c(=O)n(C)c(=O)n2C. The Hall–Kier alpha value is -2.65. The number of carbonyl (C=O) groups is 1. The second kappa shape index (κ2) is 7.53. The van der Waals surface area contributed by atoms with E-state index in [1.807, 2.05) is 0 Å². The Balaban J connectivity index is 2.30. The first-order valence-electron chi connectivity index (χ1n) is 7.90. The molecular formula is C17H16ClN5O3S. The van der Waals surface area contributed by atoms with E-state index in [0.29, 0.717) is 21.4 Å². The molecule has 2 aromatic heterocycles. The van der Waals surface area contributed by atoms with Gasteiger partial charge in [0, 0.05) is 31.7 Å². The molecule has 0 unspecified atom stereocenters. The zero-order valence-electron chi connectivity index (χ0n) is 14.8. The van der Waals surface area contributed by atoms with Crippen molar-refractivity contribution in [1.82, 2.24) is 24.4 Å². The van der Waals surface area contributed by atoms with Crippen LogP contribution in [0.1, 0.15) is 0 Å². The van der Waals surface area contributed by atoms with Gasteiger partial charge in [0.05, 0.1) is 5.75 Å². The van der Waals surface area contributed by atoms with Crippen LogP contribution in [0.2, 0.25) is 5.02 Å². The Labute approximate surface area is 163 Å². The van der Waals surface area contributed by atoms with Gasteiger partial charge in [-0.2, -0.15) is 0 Å². The van der Waals surface area contributed by atoms with Gasteiger partial charge in [0.1, 0.15) is 10.4 Å². The van der Waals surface area contributed by atoms with Crippen molar-refractivity contribution in [2.75, 3.05) is 12.8 Å². The minimum absolute atomic E-state index is 0.0780. The lowest BCUT2D eigenvalue weighted by atomic mass is 10.2. The standard InChI is InChI=1S/C17H16ClN5O3S/c1-19-11(24)8-27-15-12-14(22(2)17(26)23(3)16(12)25)20-13(21-15)9-4-6-10(18)7-5-9/h4-7H,8H2,1-3H3,(H,19,24). The molecule has 140 valence electrons. The molecule has 2 heterocycles. The zero-order valence-corrected chi connectivity index (χ0v) is 16.4. The van der Waals surface area contributed by atoms with E-state index in [-0.39, 0.29) is 22.7 Å². The summed E-state index contributed by atoms with van der Waals surface area (Å²) in [5.41, 5.74) is -0.107. The Morgan fingerprint density at radius 3 is 2.44 bits per heavy atom. The molecule has 0 spiro atoms. The van der Waals surface area contributed by atoms with Gasteiger partial charge >= 0.3 is 5.69 Å². The number of amides is 1. The van der Waals surface area contributed by atoms with Gasteiger partial charge in [-0.15, -0.1) is 0 Å². The maximum absolute atomic E-state index is 12.7. The molecule has 0 atom stereocenters. The largest absolute Gasteiger partial charge is 0.358 e. The van der Waals surface area contributed by atoms with Gasteiger partial charge in [-0.05, 0) is 24.3 Å². The molecule has 0 fully saturated rings. The van der Waals surface area contributed by atoms with Crippen molar-refractivity contribution in [1.29, 1.82) is 0 Å². The number of aromatic nitrogens is 4. The summed E-state index contributed by atoms with van der Waals surface area (Å²) in [6, 6.07) is 6.89. The maximum Gasteiger partial charge on any atom is 0.332 e. The number of rotatable bonds is 4. The Morgan fingerprint density at radius 2 is 1.81 bits per heavy atom. The van der Waals surface area contributed by atoms with Crippen LogP contribution >= 0.6 is 23.4 Å². The smallest absolute Gasteiger partial charge is 0.332 e. The number of thioether (sulfide) groups is 1. The number of hydrogen-bond acceptors (Lipinski definition) is 6. The number of nitrogens with zero attached hydrogens (tertiary/aromatic N) is 4. The molecule has 0 aliphatic heterocycles. The number of carbonyl (C=O) groups excluding carboxylic acids is 1. The third kappa shape index (κ3) is 3.60. The molecule has 0 saturated carbocycles. The van der Waals surface area contributed by atoms with Gasteiger partial charge < -0.3 is 5.32 Å². The third-order valence-electron chi connectivity index (χ3n) is 3.99. The summed E-state index contributed by atoms with van der Waals surface area (Å²) in [4.78, 5) is 45.5. The molecule has 1 N–H and O–H groups in total. The predicted molar refractivity (Wildman–Crippen MR) is 105 cm³/mol. The average Bonchev–Trinajstić information content (AvgIpc) is 2.68. The van der Waals surface area contributed by atoms with Gasteiger partial charge in [-0.25, -0.2) is 14.8 Å². The highest BCUT2D eigenvalue weighted by Gasteiger charge is 2.18. The lowest BCUT2D eigenvalue weighted by Crippen LogP contribution is -2.37. The lowest BCUT2D eigenvalue weighted by Gasteiger charge is -2.12. The third-order valence-corrected chi connectivity index (χ3v) is 5.22. The minimum Gasteiger partial charge on any atom is -0.358 e. The Morgan fingerprint density at radius 1 is 1.15 bits per heavy atom. The fraction of sp³-hybridized carbons (Fsp3) is 0.235. The highest BCUT2D eigenvalue weighted by molar-refractivity contribution is 8.00. The van der Waals surface area contributed by atoms with Gasteiger partial charge in [0.15, 0.2) is 11.5 Å². The van der Waals surface area contributed by atoms with E-state index in [1.165, 1.54) is 25.7 Å². The summed E-state index contributed by atoms with van der Waals surface area (Å²) in [5.74, 6) is 0.206. The normalized spacial score (nSPS) is 11.0. The molecule has 3 rings (SSSR count). The molecule has 10 heteroatoms. The zero-order chi connectivity index (χ0) is 19.7. The Kier molecular flexibility index (Phi) is 5.33. The van der Waals surface area contributed by atoms with Crippen LogP contribution in [0.4, 0.5) is 0 Å². The Bertz CT molecular complexity index is 1150. The van der Waals surface area contributed by atoms with Crippen molar-refractivity contribution < 1.29 is 4.79 Å². The van der Waals surface area contributed by atoms with Crippen LogP contribution in [0.3, 0.4) is 0 Å². The van der Waals surface area contributed by atoms with Crippen molar-refractivity contribution >= 4 is 40.3 Å². The van der Waals surface area contributed by atoms with E-state index < -0.39 is 11.2 Å². The van der Waals surface area contributed by atoms with Crippen LogP contribution in [-0.4, -0.2) is 37.8 Å². The molecule has 0 saturated heterocycles. The number of hydrogen-bond donors (Lipinski definition) is 1. The van der Waals surface area contributed by atoms with Crippen molar-refractivity contribution in [3.63, 3.8) is 0 Å². The second-order valence-electron chi connectivity index (χ2n) is 5.73. The number of benzene rings is 1. The number of halogens is 1. The van der Waals surface area contributed by atoms with E-state index in [9.17, 15) is 14.4 Å². The van der Waals surface area contributed by atoms with Gasteiger partial charge in [0.2, 0.25) is 5.91 Å². The van der Waals surface area contributed by atoms with Crippen molar-refractivity contribution in [2.45, 2.75) is 5.03 Å². The summed E-state index contributed by atoms with van der Waals surface area (Å²) < 4.78 is 2.29. The van der Waals surface area contributed by atoms with Crippen LogP contribution in [0, 0.1) is 0 Å². The maximum atomic E-state index is 12.7. The average molecular weight is 406 g/mol. The first kappa shape index (κ1) is 19.1. The fourth-order valence-electron chi connectivity index (χ4n) is 2.47. The molecule has 0 aliphatic carbocycles. The monoisotopic (exact) mass is 405 g/mol. The molecule has 0 radical (unpaired) electrons. The van der Waals surface area contributed by atoms with Crippen LogP contribution in [0.25, 0.3) is 22.4 Å². The number of aryl methyl sites for hydroxylation is 1. The van der Waals surface area contributed by atoms with Crippen molar-refractivity contribution in [3.8, 4) is 11.4 Å². The second-order valence-corrected chi connectivity index (χ2v) is 7.13. The summed E-state index contributed by atoms with van der Waals surface area (Å²) in [6.07, 6.45) is 0. The van der Waals surface area contributed by atoms with Crippen LogP contribution < -0.4 is 16.6 Å². The molecule has 1 amide bonds. The van der Waals surface area contributed by atoms with Gasteiger partial charge in [0.25, 0.3) is 5.56 Å². The highest BCUT2D eigenvalue weighted by Crippen LogP contribution is 2.26. The van der Waals surface area contributed by atoms with Gasteiger partial charge in [-0.1, -0.05) is 23.4 Å². The molecule has 8 nitrogen and oxygen atoms in total.